The van der Waals surface area contributed by atoms with Gasteiger partial charge in [0, 0.05) is 0 Å². The summed E-state index contributed by atoms with van der Waals surface area (Å²) in [6.45, 7) is 27.6. The van der Waals surface area contributed by atoms with Gasteiger partial charge in [0.05, 0.1) is 0 Å². The van der Waals surface area contributed by atoms with Crippen molar-refractivity contribution in [3.05, 3.63) is 125 Å². The maximum atomic E-state index is 2.99. The van der Waals surface area contributed by atoms with Crippen LogP contribution in [0.5, 0.6) is 0 Å². The van der Waals surface area contributed by atoms with E-state index in [2.05, 4.69) is 174 Å². The van der Waals surface area contributed by atoms with Crippen molar-refractivity contribution in [2.75, 3.05) is 0 Å². The minimum Gasteiger partial charge on any atom is -1.00 e. The first kappa shape index (κ1) is 45.7. The Balaban J connectivity index is 0.000000462. The van der Waals surface area contributed by atoms with Crippen molar-refractivity contribution in [1.82, 2.24) is 0 Å². The number of allylic oxidation sites excluding steroid dienone is 4. The van der Waals surface area contributed by atoms with Gasteiger partial charge in [-0.3, -0.25) is 6.08 Å². The zero-order valence-electron chi connectivity index (χ0n) is 33.8. The van der Waals surface area contributed by atoms with E-state index in [0.29, 0.717) is 0 Å². The van der Waals surface area contributed by atoms with Gasteiger partial charge in [0.25, 0.3) is 0 Å². The van der Waals surface area contributed by atoms with E-state index in [1.54, 1.807) is 27.4 Å². The van der Waals surface area contributed by atoms with Crippen LogP contribution in [-0.2, 0) is 35.1 Å². The number of benzene rings is 4. The first-order chi connectivity index (χ1) is 23.5. The maximum absolute atomic E-state index is 2.99. The third-order valence-corrected chi connectivity index (χ3v) is 10.4. The molecule has 0 unspecified atom stereocenters. The Morgan fingerprint density at radius 3 is 1.35 bits per heavy atom. The van der Waals surface area contributed by atoms with Crippen LogP contribution >= 0.6 is 0 Å². The van der Waals surface area contributed by atoms with E-state index < -0.39 is 0 Å². The molecule has 0 saturated heterocycles. The van der Waals surface area contributed by atoms with Crippen molar-refractivity contribution in [3.8, 4) is 22.3 Å². The first-order valence-electron chi connectivity index (χ1n) is 18.6. The molecule has 1 aliphatic carbocycles. The Morgan fingerprint density at radius 2 is 1.06 bits per heavy atom. The standard InChI is InChI=1S/C35H37.C9H18.C5H5.2ClH.Zr/c1-22-13-9-11-15-26(22)30-18-24-17-25-19-31(27-16-12-10-14-23(27)2)33(35(6,7)8)21-29(25)28(24)20-32(30)34(3,4)5;1-8(2)6-5-7-9(3)4;1-2-4-5-3-1;;;/h9-21H,1-8H3;8-9H,6-7H2,1-4H3;1-3H,4H2;2*1H;/q-1;;-1;;;+2/p-2. The third-order valence-electron chi connectivity index (χ3n) is 9.36. The summed E-state index contributed by atoms with van der Waals surface area (Å²) in [5, 5.41) is 5.38. The van der Waals surface area contributed by atoms with Crippen LogP contribution in [0.2, 0.25) is 0 Å². The second-order valence-corrected chi connectivity index (χ2v) is 18.8. The molecule has 0 spiro atoms. The molecule has 0 nitrogen and oxygen atoms in total. The molecule has 0 heterocycles. The number of hydrogen-bond donors (Lipinski definition) is 0. The minimum atomic E-state index is 0. The molecule has 5 aromatic rings. The Hall–Kier alpha value is -2.44. The van der Waals surface area contributed by atoms with Gasteiger partial charge in [-0.15, -0.1) is 46.2 Å². The minimum absolute atomic E-state index is 0. The molecule has 1 aliphatic rings. The normalized spacial score (nSPS) is 12.3. The third kappa shape index (κ3) is 12.0. The summed E-state index contributed by atoms with van der Waals surface area (Å²) in [5.41, 5.74) is 10.9. The predicted molar refractivity (Wildman–Crippen MR) is 220 cm³/mol. The molecule has 6 rings (SSSR count). The number of hydrogen-bond acceptors (Lipinski definition) is 0. The molecule has 0 aromatic heterocycles. The summed E-state index contributed by atoms with van der Waals surface area (Å²) >= 11 is 1.65. The predicted octanol–water partition coefficient (Wildman–Crippen LogP) is 8.37. The van der Waals surface area contributed by atoms with Gasteiger partial charge in [-0.05, 0) is 69.2 Å². The number of rotatable bonds is 6. The molecule has 5 aromatic carbocycles. The van der Waals surface area contributed by atoms with E-state index in [-0.39, 0.29) is 35.6 Å². The van der Waals surface area contributed by atoms with Gasteiger partial charge in [0.15, 0.2) is 0 Å². The monoisotopic (exact) mass is 808 g/mol. The van der Waals surface area contributed by atoms with Gasteiger partial charge in [-0.25, -0.2) is 12.2 Å². The summed E-state index contributed by atoms with van der Waals surface area (Å²) in [4.78, 5) is 0. The smallest absolute Gasteiger partial charge is 0.0139 e. The molecule has 0 atom stereocenters. The van der Waals surface area contributed by atoms with Gasteiger partial charge in [0.2, 0.25) is 0 Å². The maximum Gasteiger partial charge on any atom is -0.0139 e. The molecular weight excluding hydrogens is 751 g/mol. The fourth-order valence-corrected chi connectivity index (χ4v) is 8.96. The Kier molecular flexibility index (Phi) is 17.4. The summed E-state index contributed by atoms with van der Waals surface area (Å²) in [5.74, 6) is 1.71. The van der Waals surface area contributed by atoms with Crippen molar-refractivity contribution < 1.29 is 49.0 Å². The number of aryl methyl sites for hydroxylation is 2. The van der Waals surface area contributed by atoms with Gasteiger partial charge in [-0.1, -0.05) is 102 Å². The van der Waals surface area contributed by atoms with Crippen LogP contribution in [0.3, 0.4) is 0 Å². The molecule has 0 bridgehead atoms. The van der Waals surface area contributed by atoms with Gasteiger partial charge in [0.1, 0.15) is 0 Å². The average molecular weight is 811 g/mol. The summed E-state index contributed by atoms with van der Waals surface area (Å²) in [6, 6.07) is 29.8. The van der Waals surface area contributed by atoms with Crippen LogP contribution in [0.4, 0.5) is 0 Å². The van der Waals surface area contributed by atoms with E-state index in [1.165, 1.54) is 78.9 Å². The summed E-state index contributed by atoms with van der Waals surface area (Å²) in [6.07, 6.45) is 12.7. The quantitative estimate of drug-likeness (QED) is 0.151. The van der Waals surface area contributed by atoms with Crippen LogP contribution in [0.25, 0.3) is 43.8 Å². The van der Waals surface area contributed by atoms with Crippen molar-refractivity contribution in [2.24, 2.45) is 11.8 Å². The van der Waals surface area contributed by atoms with E-state index in [1.807, 2.05) is 12.2 Å². The Morgan fingerprint density at radius 1 is 0.654 bits per heavy atom. The van der Waals surface area contributed by atoms with Gasteiger partial charge >= 0.3 is 79.8 Å². The molecule has 0 saturated carbocycles. The Labute approximate surface area is 344 Å². The fraction of sp³-hybridized carbons (Fsp3) is 0.388. The van der Waals surface area contributed by atoms with Crippen molar-refractivity contribution in [1.29, 1.82) is 0 Å². The van der Waals surface area contributed by atoms with E-state index >= 15 is 0 Å². The van der Waals surface area contributed by atoms with Crippen molar-refractivity contribution in [2.45, 2.75) is 113 Å². The van der Waals surface area contributed by atoms with Gasteiger partial charge in [-0.2, -0.15) is 6.08 Å². The summed E-state index contributed by atoms with van der Waals surface area (Å²) in [7, 11) is 0. The molecule has 276 valence electrons. The van der Waals surface area contributed by atoms with Crippen LogP contribution in [0.15, 0.2) is 97.1 Å². The van der Waals surface area contributed by atoms with E-state index in [4.69, 9.17) is 0 Å². The van der Waals surface area contributed by atoms with Gasteiger partial charge < -0.3 is 24.8 Å². The molecule has 0 fully saturated rings. The second-order valence-electron chi connectivity index (χ2n) is 17.0. The molecule has 52 heavy (non-hydrogen) atoms. The average Bonchev–Trinajstić information content (AvgIpc) is 3.71. The second kappa shape index (κ2) is 19.8. The van der Waals surface area contributed by atoms with Crippen LogP contribution in [-0.4, -0.2) is 3.21 Å². The fourth-order valence-electron chi connectivity index (χ4n) is 6.95. The Bertz CT molecular complexity index is 1850. The van der Waals surface area contributed by atoms with E-state index in [0.717, 1.165) is 18.3 Å². The zero-order valence-corrected chi connectivity index (χ0v) is 37.7. The first-order valence-corrected chi connectivity index (χ1v) is 19.8. The molecule has 0 N–H and O–H groups in total. The number of fused-ring (bicyclic) bond motifs is 3. The summed E-state index contributed by atoms with van der Waals surface area (Å²) < 4.78 is 1.75. The largest absolute Gasteiger partial charge is 1.00 e. The molecule has 0 amide bonds. The molecular formula is C49H60Cl2Zr-2. The van der Waals surface area contributed by atoms with Crippen LogP contribution in [0.1, 0.15) is 111 Å². The number of halogens is 2. The zero-order chi connectivity index (χ0) is 36.8. The topological polar surface area (TPSA) is 0 Å². The van der Waals surface area contributed by atoms with E-state index in [9.17, 15) is 0 Å². The molecule has 3 heteroatoms. The van der Waals surface area contributed by atoms with Crippen LogP contribution in [0, 0.1) is 31.8 Å². The van der Waals surface area contributed by atoms with Crippen LogP contribution < -0.4 is 24.8 Å². The molecule has 0 aliphatic heterocycles. The molecule has 0 radical (unpaired) electrons. The SMILES string of the molecule is CC(C)C[C](=[Zr+2])CC(C)C.Cc1ccccc1-c1cc2[cH-]c3cc(-c4ccccc4C)c(C(C)(C)C)cc3c2cc1C(C)(C)C.[C-]1=CC=CC1.[Cl-].[Cl-]. The van der Waals surface area contributed by atoms with Crippen molar-refractivity contribution >= 4 is 24.8 Å². The van der Waals surface area contributed by atoms with Crippen molar-refractivity contribution in [3.63, 3.8) is 0 Å².